The van der Waals surface area contributed by atoms with Crippen LogP contribution in [0.3, 0.4) is 0 Å². The van der Waals surface area contributed by atoms with E-state index in [-0.39, 0.29) is 11.2 Å². The summed E-state index contributed by atoms with van der Waals surface area (Å²) in [4.78, 5) is 0. The van der Waals surface area contributed by atoms with Crippen molar-refractivity contribution in [3.05, 3.63) is 46.5 Å². The number of hydrogen-bond acceptors (Lipinski definition) is 4. The maximum absolute atomic E-state index is 10.6. The topological polar surface area (TPSA) is 71.0 Å². The summed E-state index contributed by atoms with van der Waals surface area (Å²) in [5.41, 5.74) is 9.15. The zero-order valence-electron chi connectivity index (χ0n) is 14.6. The van der Waals surface area contributed by atoms with E-state index in [1.807, 2.05) is 6.07 Å². The number of azo groups is 1. The average molecular weight is 346 g/mol. The SMILES string of the molecule is CCCc1cc(N=Nc2ccc(Cl)cc2N)c(O)c(C(C)(C)C)c1. The quantitative estimate of drug-likeness (QED) is 0.504. The van der Waals surface area contributed by atoms with Crippen LogP contribution in [0.2, 0.25) is 5.02 Å². The lowest BCUT2D eigenvalue weighted by Gasteiger charge is -2.22. The van der Waals surface area contributed by atoms with Gasteiger partial charge in [0.1, 0.15) is 17.1 Å². The Bertz CT molecular complexity index is 764. The first-order valence-corrected chi connectivity index (χ1v) is 8.43. The molecule has 5 heteroatoms. The summed E-state index contributed by atoms with van der Waals surface area (Å²) < 4.78 is 0. The molecule has 0 fully saturated rings. The van der Waals surface area contributed by atoms with Crippen molar-refractivity contribution in [3.63, 3.8) is 0 Å². The Kier molecular flexibility index (Phi) is 5.50. The van der Waals surface area contributed by atoms with Gasteiger partial charge in [-0.05, 0) is 41.7 Å². The zero-order chi connectivity index (χ0) is 17.9. The van der Waals surface area contributed by atoms with Crippen LogP contribution in [-0.4, -0.2) is 5.11 Å². The van der Waals surface area contributed by atoms with Crippen molar-refractivity contribution in [1.82, 2.24) is 0 Å². The Morgan fingerprint density at radius 1 is 1.08 bits per heavy atom. The first-order valence-electron chi connectivity index (χ1n) is 8.05. The maximum atomic E-state index is 10.6. The molecule has 0 spiro atoms. The lowest BCUT2D eigenvalue weighted by Crippen LogP contribution is -2.12. The number of benzene rings is 2. The van der Waals surface area contributed by atoms with Gasteiger partial charge < -0.3 is 10.8 Å². The molecule has 0 atom stereocenters. The average Bonchev–Trinajstić information content (AvgIpc) is 2.48. The predicted octanol–water partition coefficient (Wildman–Crippen LogP) is 6.29. The van der Waals surface area contributed by atoms with Gasteiger partial charge in [-0.1, -0.05) is 51.8 Å². The molecule has 3 N–H and O–H groups in total. The van der Waals surface area contributed by atoms with Crippen molar-refractivity contribution in [1.29, 1.82) is 0 Å². The lowest BCUT2D eigenvalue weighted by atomic mass is 9.84. The van der Waals surface area contributed by atoms with E-state index in [4.69, 9.17) is 17.3 Å². The molecule has 0 amide bonds. The Morgan fingerprint density at radius 2 is 1.75 bits per heavy atom. The van der Waals surface area contributed by atoms with Crippen LogP contribution in [0, 0.1) is 0 Å². The van der Waals surface area contributed by atoms with Crippen molar-refractivity contribution in [2.24, 2.45) is 10.2 Å². The molecule has 2 aromatic rings. The number of nitrogens with two attached hydrogens (primary N) is 1. The van der Waals surface area contributed by atoms with E-state index in [0.29, 0.717) is 22.1 Å². The largest absolute Gasteiger partial charge is 0.505 e. The molecule has 0 unspecified atom stereocenters. The van der Waals surface area contributed by atoms with Gasteiger partial charge in [0.05, 0.1) is 5.69 Å². The Hall–Kier alpha value is -2.07. The molecule has 0 aliphatic rings. The van der Waals surface area contributed by atoms with Gasteiger partial charge in [-0.25, -0.2) is 0 Å². The van der Waals surface area contributed by atoms with Crippen LogP contribution < -0.4 is 5.73 Å². The second kappa shape index (κ2) is 7.22. The molecule has 0 saturated carbocycles. The van der Waals surface area contributed by atoms with Crippen molar-refractivity contribution in [2.45, 2.75) is 46.0 Å². The number of phenolic OH excluding ortho intramolecular Hbond substituents is 1. The summed E-state index contributed by atoms with van der Waals surface area (Å²) in [7, 11) is 0. The summed E-state index contributed by atoms with van der Waals surface area (Å²) in [5.74, 6) is 0.165. The Balaban J connectivity index is 2.48. The van der Waals surface area contributed by atoms with E-state index in [1.165, 1.54) is 0 Å². The van der Waals surface area contributed by atoms with Crippen LogP contribution in [0.25, 0.3) is 0 Å². The van der Waals surface area contributed by atoms with Crippen LogP contribution in [0.4, 0.5) is 17.1 Å². The van der Waals surface area contributed by atoms with E-state index in [0.717, 1.165) is 24.0 Å². The summed E-state index contributed by atoms with van der Waals surface area (Å²) in [6, 6.07) is 8.97. The van der Waals surface area contributed by atoms with Gasteiger partial charge in [-0.3, -0.25) is 0 Å². The number of nitrogens with zero attached hydrogens (tertiary/aromatic N) is 2. The van der Waals surface area contributed by atoms with Gasteiger partial charge in [0.15, 0.2) is 0 Å². The highest BCUT2D eigenvalue weighted by atomic mass is 35.5. The number of nitrogen functional groups attached to an aromatic ring is 1. The van der Waals surface area contributed by atoms with Gasteiger partial charge in [-0.15, -0.1) is 10.2 Å². The van der Waals surface area contributed by atoms with Crippen LogP contribution in [0.1, 0.15) is 45.2 Å². The van der Waals surface area contributed by atoms with Crippen LogP contribution >= 0.6 is 11.6 Å². The van der Waals surface area contributed by atoms with Gasteiger partial charge in [0.2, 0.25) is 0 Å². The highest BCUT2D eigenvalue weighted by molar-refractivity contribution is 6.31. The normalized spacial score (nSPS) is 12.0. The minimum atomic E-state index is -0.183. The van der Waals surface area contributed by atoms with E-state index in [2.05, 4.69) is 44.0 Å². The fourth-order valence-corrected chi connectivity index (χ4v) is 2.66. The van der Waals surface area contributed by atoms with Crippen molar-refractivity contribution in [3.8, 4) is 5.75 Å². The number of anilines is 1. The second-order valence-corrected chi connectivity index (χ2v) is 7.35. The molecule has 4 nitrogen and oxygen atoms in total. The third-order valence-electron chi connectivity index (χ3n) is 3.75. The Morgan fingerprint density at radius 3 is 2.33 bits per heavy atom. The number of hydrogen-bond donors (Lipinski definition) is 2. The smallest absolute Gasteiger partial charge is 0.146 e. The summed E-state index contributed by atoms with van der Waals surface area (Å²) in [6.45, 7) is 8.32. The highest BCUT2D eigenvalue weighted by Crippen LogP contribution is 2.40. The maximum Gasteiger partial charge on any atom is 0.146 e. The lowest BCUT2D eigenvalue weighted by molar-refractivity contribution is 0.447. The van der Waals surface area contributed by atoms with E-state index in [9.17, 15) is 5.11 Å². The third-order valence-corrected chi connectivity index (χ3v) is 3.99. The first-order chi connectivity index (χ1) is 11.2. The van der Waals surface area contributed by atoms with Crippen LogP contribution in [0.15, 0.2) is 40.6 Å². The molecular formula is C19H24ClN3O. The molecule has 2 aromatic carbocycles. The number of halogens is 1. The molecule has 0 aliphatic carbocycles. The summed E-state index contributed by atoms with van der Waals surface area (Å²) >= 11 is 5.89. The molecule has 0 heterocycles. The Labute approximate surface area is 148 Å². The molecule has 24 heavy (non-hydrogen) atoms. The number of phenols is 1. The van der Waals surface area contributed by atoms with Crippen LogP contribution in [-0.2, 0) is 11.8 Å². The van der Waals surface area contributed by atoms with Crippen LogP contribution in [0.5, 0.6) is 5.75 Å². The van der Waals surface area contributed by atoms with E-state index < -0.39 is 0 Å². The fourth-order valence-electron chi connectivity index (χ4n) is 2.48. The van der Waals surface area contributed by atoms with Gasteiger partial charge in [0.25, 0.3) is 0 Å². The second-order valence-electron chi connectivity index (χ2n) is 6.91. The standard InChI is InChI=1S/C19H24ClN3O/c1-5-6-12-9-14(19(2,3)4)18(24)17(10-12)23-22-16-8-7-13(20)11-15(16)21/h7-11,24H,5-6,21H2,1-4H3. The molecule has 0 aliphatic heterocycles. The van der Waals surface area contributed by atoms with Crippen molar-refractivity contribution >= 4 is 28.7 Å². The molecule has 0 bridgehead atoms. The van der Waals surface area contributed by atoms with Gasteiger partial charge >= 0.3 is 0 Å². The summed E-state index contributed by atoms with van der Waals surface area (Å²) in [5, 5.41) is 19.6. The minimum absolute atomic E-state index is 0.165. The van der Waals surface area contributed by atoms with E-state index in [1.54, 1.807) is 18.2 Å². The highest BCUT2D eigenvalue weighted by Gasteiger charge is 2.21. The monoisotopic (exact) mass is 345 g/mol. The summed E-state index contributed by atoms with van der Waals surface area (Å²) in [6.07, 6.45) is 1.95. The van der Waals surface area contributed by atoms with Gasteiger partial charge in [0, 0.05) is 10.6 Å². The van der Waals surface area contributed by atoms with Crippen molar-refractivity contribution in [2.75, 3.05) is 5.73 Å². The third kappa shape index (κ3) is 4.26. The number of rotatable bonds is 4. The minimum Gasteiger partial charge on any atom is -0.505 e. The van der Waals surface area contributed by atoms with Gasteiger partial charge in [-0.2, -0.15) is 0 Å². The molecule has 0 radical (unpaired) electrons. The molecule has 0 saturated heterocycles. The zero-order valence-corrected chi connectivity index (χ0v) is 15.4. The fraction of sp³-hybridized carbons (Fsp3) is 0.368. The molecule has 0 aromatic heterocycles. The number of aryl methyl sites for hydroxylation is 1. The predicted molar refractivity (Wildman–Crippen MR) is 101 cm³/mol. The van der Waals surface area contributed by atoms with E-state index >= 15 is 0 Å². The first kappa shape index (κ1) is 18.3. The molecule has 2 rings (SSSR count). The molecular weight excluding hydrogens is 322 g/mol. The van der Waals surface area contributed by atoms with Crippen molar-refractivity contribution < 1.29 is 5.11 Å². The molecule has 128 valence electrons. The number of aromatic hydroxyl groups is 1.